The highest BCUT2D eigenvalue weighted by molar-refractivity contribution is 7.87. The first kappa shape index (κ1) is 14.0. The van der Waals surface area contributed by atoms with Gasteiger partial charge in [0.1, 0.15) is 11.0 Å². The van der Waals surface area contributed by atoms with Crippen LogP contribution in [0.25, 0.3) is 0 Å². The van der Waals surface area contributed by atoms with Gasteiger partial charge in [-0.25, -0.2) is 4.98 Å². The van der Waals surface area contributed by atoms with Crippen molar-refractivity contribution in [2.75, 3.05) is 0 Å². The fraction of sp³-hybridized carbons (Fsp3) is 0.143. The number of hydrogen-bond donors (Lipinski definition) is 0. The van der Waals surface area contributed by atoms with Crippen LogP contribution >= 0.6 is 0 Å². The molecule has 0 spiro atoms. The van der Waals surface area contributed by atoms with Gasteiger partial charge in [0.2, 0.25) is 0 Å². The molecule has 0 aliphatic rings. The lowest BCUT2D eigenvalue weighted by Crippen LogP contribution is -2.11. The van der Waals surface area contributed by atoms with Crippen molar-refractivity contribution in [3.8, 4) is 11.8 Å². The Kier molecular flexibility index (Phi) is 3.72. The van der Waals surface area contributed by atoms with E-state index < -0.39 is 10.1 Å². The molecule has 0 unspecified atom stereocenters. The summed E-state index contributed by atoms with van der Waals surface area (Å²) in [6, 6.07) is 9.54. The third kappa shape index (κ3) is 2.95. The molecule has 0 radical (unpaired) electrons. The molecule has 0 saturated carbocycles. The van der Waals surface area contributed by atoms with Crippen LogP contribution in [0.15, 0.2) is 41.4 Å². The van der Waals surface area contributed by atoms with E-state index in [2.05, 4.69) is 4.98 Å². The normalized spacial score (nSPS) is 10.8. The highest BCUT2D eigenvalue weighted by Crippen LogP contribution is 2.22. The van der Waals surface area contributed by atoms with Gasteiger partial charge in [-0.2, -0.15) is 13.7 Å². The van der Waals surface area contributed by atoms with E-state index in [-0.39, 0.29) is 16.3 Å². The zero-order valence-electron chi connectivity index (χ0n) is 11.0. The van der Waals surface area contributed by atoms with Crippen molar-refractivity contribution in [3.05, 3.63) is 53.3 Å². The van der Waals surface area contributed by atoms with Gasteiger partial charge in [-0.15, -0.1) is 0 Å². The molecule has 6 heteroatoms. The first-order chi connectivity index (χ1) is 9.42. The number of nitrogens with zero attached hydrogens (tertiary/aromatic N) is 2. The monoisotopic (exact) mass is 288 g/mol. The molecule has 0 atom stereocenters. The molecule has 0 fully saturated rings. The van der Waals surface area contributed by atoms with E-state index in [1.54, 1.807) is 25.1 Å². The first-order valence-corrected chi connectivity index (χ1v) is 7.21. The van der Waals surface area contributed by atoms with Gasteiger partial charge in [0.25, 0.3) is 0 Å². The van der Waals surface area contributed by atoms with Crippen molar-refractivity contribution in [2.24, 2.45) is 0 Å². The predicted molar refractivity (Wildman–Crippen MR) is 72.7 cm³/mol. The van der Waals surface area contributed by atoms with Gasteiger partial charge in [-0.3, -0.25) is 0 Å². The van der Waals surface area contributed by atoms with E-state index in [0.717, 1.165) is 5.56 Å². The Hall–Kier alpha value is -2.39. The molecule has 0 aliphatic carbocycles. The topological polar surface area (TPSA) is 80.1 Å². The molecular weight excluding hydrogens is 276 g/mol. The Bertz CT molecular complexity index is 775. The fourth-order valence-corrected chi connectivity index (χ4v) is 2.49. The van der Waals surface area contributed by atoms with E-state index in [9.17, 15) is 8.42 Å². The van der Waals surface area contributed by atoms with E-state index in [4.69, 9.17) is 9.44 Å². The minimum Gasteiger partial charge on any atom is -0.376 e. The van der Waals surface area contributed by atoms with Crippen molar-refractivity contribution >= 4 is 10.1 Å². The third-order valence-corrected chi connectivity index (χ3v) is 3.85. The molecule has 102 valence electrons. The maximum Gasteiger partial charge on any atom is 0.339 e. The summed E-state index contributed by atoms with van der Waals surface area (Å²) >= 11 is 0. The van der Waals surface area contributed by atoms with Crippen LogP contribution in [0.2, 0.25) is 0 Å². The lowest BCUT2D eigenvalue weighted by atomic mass is 10.2. The van der Waals surface area contributed by atoms with Crippen molar-refractivity contribution < 1.29 is 12.6 Å². The lowest BCUT2D eigenvalue weighted by Gasteiger charge is -2.08. The van der Waals surface area contributed by atoms with Gasteiger partial charge in [-0.1, -0.05) is 17.7 Å². The summed E-state index contributed by atoms with van der Waals surface area (Å²) < 4.78 is 29.3. The number of pyridine rings is 1. The lowest BCUT2D eigenvalue weighted by molar-refractivity contribution is 0.483. The standard InChI is InChI=1S/C14H12N2O3S/c1-10-3-5-12(6-4-10)20(17,18)19-14-7-11(2)9-16-13(14)8-15/h3-7,9H,1-2H3. The van der Waals surface area contributed by atoms with Gasteiger partial charge >= 0.3 is 10.1 Å². The molecule has 0 aliphatic heterocycles. The summed E-state index contributed by atoms with van der Waals surface area (Å²) in [6.45, 7) is 3.59. The zero-order valence-corrected chi connectivity index (χ0v) is 11.8. The largest absolute Gasteiger partial charge is 0.376 e. The fourth-order valence-electron chi connectivity index (χ4n) is 1.56. The summed E-state index contributed by atoms with van der Waals surface area (Å²) in [5, 5.41) is 8.93. The van der Waals surface area contributed by atoms with Gasteiger partial charge in [-0.05, 0) is 37.6 Å². The molecule has 1 aromatic heterocycles. The second kappa shape index (κ2) is 5.31. The summed E-state index contributed by atoms with van der Waals surface area (Å²) in [5.74, 6) is -0.0620. The maximum absolute atomic E-state index is 12.1. The zero-order chi connectivity index (χ0) is 14.8. The molecular formula is C14H12N2O3S. The second-order valence-corrected chi connectivity index (χ2v) is 5.87. The molecule has 0 amide bonds. The molecule has 5 nitrogen and oxygen atoms in total. The Morgan fingerprint density at radius 3 is 2.40 bits per heavy atom. The Morgan fingerprint density at radius 1 is 1.15 bits per heavy atom. The number of hydrogen-bond acceptors (Lipinski definition) is 5. The van der Waals surface area contributed by atoms with Crippen LogP contribution in [-0.4, -0.2) is 13.4 Å². The van der Waals surface area contributed by atoms with E-state index >= 15 is 0 Å². The van der Waals surface area contributed by atoms with Crippen LogP contribution in [0.4, 0.5) is 0 Å². The van der Waals surface area contributed by atoms with Crippen molar-refractivity contribution in [3.63, 3.8) is 0 Å². The second-order valence-electron chi connectivity index (χ2n) is 4.32. The van der Waals surface area contributed by atoms with Crippen LogP contribution in [-0.2, 0) is 10.1 Å². The highest BCUT2D eigenvalue weighted by atomic mass is 32.2. The minimum atomic E-state index is -3.97. The third-order valence-electron chi connectivity index (χ3n) is 2.60. The van der Waals surface area contributed by atoms with Crippen LogP contribution in [0.3, 0.4) is 0 Å². The first-order valence-electron chi connectivity index (χ1n) is 5.80. The van der Waals surface area contributed by atoms with Crippen molar-refractivity contribution in [2.45, 2.75) is 18.7 Å². The number of rotatable bonds is 3. The van der Waals surface area contributed by atoms with Gasteiger partial charge in [0, 0.05) is 6.20 Å². The van der Waals surface area contributed by atoms with Gasteiger partial charge in [0.05, 0.1) is 0 Å². The average molecular weight is 288 g/mol. The number of aromatic nitrogens is 1. The van der Waals surface area contributed by atoms with Crippen molar-refractivity contribution in [1.29, 1.82) is 5.26 Å². The predicted octanol–water partition coefficient (Wildman–Crippen LogP) is 2.34. The minimum absolute atomic E-state index is 0.0356. The molecule has 20 heavy (non-hydrogen) atoms. The molecule has 2 aromatic rings. The Morgan fingerprint density at radius 2 is 1.80 bits per heavy atom. The summed E-state index contributed by atoms with van der Waals surface area (Å²) in [5.41, 5.74) is 1.59. The Labute approximate surface area is 117 Å². The summed E-state index contributed by atoms with van der Waals surface area (Å²) in [7, 11) is -3.97. The molecule has 0 bridgehead atoms. The number of nitriles is 1. The van der Waals surface area contributed by atoms with E-state index in [1.165, 1.54) is 24.4 Å². The van der Waals surface area contributed by atoms with Crippen LogP contribution < -0.4 is 4.18 Å². The van der Waals surface area contributed by atoms with Gasteiger partial charge < -0.3 is 4.18 Å². The maximum atomic E-state index is 12.1. The highest BCUT2D eigenvalue weighted by Gasteiger charge is 2.19. The van der Waals surface area contributed by atoms with Crippen LogP contribution in [0.1, 0.15) is 16.8 Å². The Balaban J connectivity index is 2.41. The average Bonchev–Trinajstić information content (AvgIpc) is 2.39. The van der Waals surface area contributed by atoms with Crippen LogP contribution in [0.5, 0.6) is 5.75 Å². The summed E-state index contributed by atoms with van der Waals surface area (Å²) in [6.07, 6.45) is 1.48. The number of benzene rings is 1. The summed E-state index contributed by atoms with van der Waals surface area (Å²) in [4.78, 5) is 3.87. The number of aryl methyl sites for hydroxylation is 2. The quantitative estimate of drug-likeness (QED) is 0.810. The van der Waals surface area contributed by atoms with E-state index in [0.29, 0.717) is 5.56 Å². The van der Waals surface area contributed by atoms with E-state index in [1.807, 2.05) is 6.92 Å². The molecule has 0 N–H and O–H groups in total. The molecule has 1 heterocycles. The van der Waals surface area contributed by atoms with Crippen molar-refractivity contribution in [1.82, 2.24) is 4.98 Å². The van der Waals surface area contributed by atoms with Gasteiger partial charge in [0.15, 0.2) is 11.4 Å². The SMILES string of the molecule is Cc1ccc(S(=O)(=O)Oc2cc(C)cnc2C#N)cc1. The molecule has 2 rings (SSSR count). The molecule has 1 aromatic carbocycles. The smallest absolute Gasteiger partial charge is 0.339 e. The van der Waals surface area contributed by atoms with Crippen LogP contribution in [0, 0.1) is 25.2 Å². The molecule has 0 saturated heterocycles.